The number of likely N-dealkylation sites (tertiary alicyclic amines) is 1. The Morgan fingerprint density at radius 3 is 2.58 bits per heavy atom. The second-order valence-electron chi connectivity index (χ2n) is 6.65. The topological polar surface area (TPSA) is 62.2 Å². The average Bonchev–Trinajstić information content (AvgIpc) is 2.58. The maximum absolute atomic E-state index is 14.1. The molecule has 7 heteroatoms. The van der Waals surface area contributed by atoms with Crippen LogP contribution in [0.15, 0.2) is 12.1 Å². The van der Waals surface area contributed by atoms with Crippen molar-refractivity contribution < 1.29 is 28.5 Å². The van der Waals surface area contributed by atoms with E-state index in [4.69, 9.17) is 9.47 Å². The second-order valence-corrected chi connectivity index (χ2v) is 6.65. The van der Waals surface area contributed by atoms with Gasteiger partial charge in [-0.15, -0.1) is 0 Å². The summed E-state index contributed by atoms with van der Waals surface area (Å²) in [5.41, 5.74) is -0.215. The minimum atomic E-state index is -0.882. The van der Waals surface area contributed by atoms with Crippen molar-refractivity contribution in [2.45, 2.75) is 43.6 Å². The molecule has 0 amide bonds. The van der Waals surface area contributed by atoms with Gasteiger partial charge in [0, 0.05) is 31.6 Å². The third kappa shape index (κ3) is 3.39. The Kier molecular flexibility index (Phi) is 5.05. The highest BCUT2D eigenvalue weighted by atomic mass is 19.2. The van der Waals surface area contributed by atoms with E-state index in [2.05, 4.69) is 0 Å². The lowest BCUT2D eigenvalue weighted by Gasteiger charge is -2.46. The van der Waals surface area contributed by atoms with Gasteiger partial charge in [0.1, 0.15) is 11.9 Å². The van der Waals surface area contributed by atoms with Gasteiger partial charge < -0.3 is 19.7 Å². The minimum absolute atomic E-state index is 0.132. The van der Waals surface area contributed by atoms with E-state index in [9.17, 15) is 19.0 Å². The maximum Gasteiger partial charge on any atom is 0.167 e. The largest absolute Gasteiger partial charge is 0.496 e. The molecule has 2 aliphatic rings. The number of ether oxygens (including phenoxy) is 2. The fourth-order valence-electron chi connectivity index (χ4n) is 3.55. The number of methoxy groups -OCH3 is 1. The zero-order chi connectivity index (χ0) is 17.3. The summed E-state index contributed by atoms with van der Waals surface area (Å²) in [5.74, 6) is -1.42. The molecule has 24 heavy (non-hydrogen) atoms. The molecule has 0 bridgehead atoms. The molecule has 2 atom stereocenters. The molecule has 2 heterocycles. The summed E-state index contributed by atoms with van der Waals surface area (Å²) >= 11 is 0. The van der Waals surface area contributed by atoms with E-state index >= 15 is 0 Å². The average molecular weight is 343 g/mol. The predicted molar refractivity (Wildman–Crippen MR) is 82.7 cm³/mol. The van der Waals surface area contributed by atoms with Crippen molar-refractivity contribution in [1.82, 2.24) is 4.90 Å². The summed E-state index contributed by atoms with van der Waals surface area (Å²) in [4.78, 5) is 2.02. The molecule has 3 rings (SSSR count). The lowest BCUT2D eigenvalue weighted by atomic mass is 9.82. The van der Waals surface area contributed by atoms with E-state index in [1.165, 1.54) is 13.2 Å². The third-order valence-electron chi connectivity index (χ3n) is 5.11. The Balaban J connectivity index is 1.65. The van der Waals surface area contributed by atoms with Crippen LogP contribution in [0, 0.1) is 11.6 Å². The van der Waals surface area contributed by atoms with Crippen molar-refractivity contribution in [3.8, 4) is 5.75 Å². The first-order valence-electron chi connectivity index (χ1n) is 8.17. The van der Waals surface area contributed by atoms with Crippen molar-refractivity contribution in [1.29, 1.82) is 0 Å². The van der Waals surface area contributed by atoms with Crippen molar-refractivity contribution in [2.75, 3.05) is 26.8 Å². The molecule has 1 aromatic carbocycles. The van der Waals surface area contributed by atoms with Crippen LogP contribution < -0.4 is 4.74 Å². The van der Waals surface area contributed by atoms with Crippen molar-refractivity contribution in [3.63, 3.8) is 0 Å². The van der Waals surface area contributed by atoms with Crippen LogP contribution in [0.5, 0.6) is 5.75 Å². The Labute approximate surface area is 139 Å². The Hall–Kier alpha value is -1.28. The van der Waals surface area contributed by atoms with Gasteiger partial charge in [0.25, 0.3) is 0 Å². The monoisotopic (exact) mass is 343 g/mol. The highest BCUT2D eigenvalue weighted by Gasteiger charge is 2.43. The van der Waals surface area contributed by atoms with Crippen LogP contribution >= 0.6 is 0 Å². The van der Waals surface area contributed by atoms with E-state index in [0.717, 1.165) is 6.07 Å². The van der Waals surface area contributed by atoms with Gasteiger partial charge in [-0.3, -0.25) is 4.90 Å². The molecule has 0 unspecified atom stereocenters. The van der Waals surface area contributed by atoms with Crippen molar-refractivity contribution in [2.24, 2.45) is 0 Å². The summed E-state index contributed by atoms with van der Waals surface area (Å²) in [7, 11) is 1.43. The van der Waals surface area contributed by atoms with Crippen LogP contribution in [0.4, 0.5) is 8.78 Å². The molecule has 0 radical (unpaired) electrons. The summed E-state index contributed by atoms with van der Waals surface area (Å²) in [6.07, 6.45) is 0.150. The SMILES string of the molecule is COc1ccc(F)c(F)c1CN1CCC2(CC1)C[C@@H](O)[C@@H](O)CO2. The smallest absolute Gasteiger partial charge is 0.167 e. The van der Waals surface area contributed by atoms with Gasteiger partial charge in [0.2, 0.25) is 0 Å². The van der Waals surface area contributed by atoms with Crippen LogP contribution in [0.3, 0.4) is 0 Å². The van der Waals surface area contributed by atoms with Crippen LogP contribution in [-0.4, -0.2) is 59.7 Å². The highest BCUT2D eigenvalue weighted by Crippen LogP contribution is 2.36. The number of aliphatic hydroxyl groups is 2. The Morgan fingerprint density at radius 2 is 1.96 bits per heavy atom. The van der Waals surface area contributed by atoms with Gasteiger partial charge in [-0.25, -0.2) is 8.78 Å². The van der Waals surface area contributed by atoms with Crippen LogP contribution in [0.1, 0.15) is 24.8 Å². The number of nitrogens with zero attached hydrogens (tertiary/aromatic N) is 1. The summed E-state index contributed by atoms with van der Waals surface area (Å²) < 4.78 is 38.5. The zero-order valence-electron chi connectivity index (χ0n) is 13.7. The molecule has 5 nitrogen and oxygen atoms in total. The van der Waals surface area contributed by atoms with E-state index in [1.807, 2.05) is 4.90 Å². The number of hydrogen-bond acceptors (Lipinski definition) is 5. The number of rotatable bonds is 3. The molecule has 0 aliphatic carbocycles. The molecule has 0 aromatic heterocycles. The normalized spacial score (nSPS) is 27.4. The zero-order valence-corrected chi connectivity index (χ0v) is 13.7. The van der Waals surface area contributed by atoms with Gasteiger partial charge in [0.15, 0.2) is 11.6 Å². The van der Waals surface area contributed by atoms with Crippen LogP contribution in [-0.2, 0) is 11.3 Å². The highest BCUT2D eigenvalue weighted by molar-refractivity contribution is 5.35. The van der Waals surface area contributed by atoms with Gasteiger partial charge in [-0.2, -0.15) is 0 Å². The van der Waals surface area contributed by atoms with Crippen LogP contribution in [0.2, 0.25) is 0 Å². The molecule has 134 valence electrons. The summed E-state index contributed by atoms with van der Waals surface area (Å²) in [6, 6.07) is 2.49. The predicted octanol–water partition coefficient (Wildman–Crippen LogP) is 1.45. The maximum atomic E-state index is 14.1. The third-order valence-corrected chi connectivity index (χ3v) is 5.11. The van der Waals surface area contributed by atoms with Gasteiger partial charge in [0.05, 0.1) is 25.4 Å². The fraction of sp³-hybridized carbons (Fsp3) is 0.647. The van der Waals surface area contributed by atoms with E-state index in [-0.39, 0.29) is 18.7 Å². The standard InChI is InChI=1S/C17H23F2NO4/c1-23-15-3-2-12(18)16(19)11(15)9-20-6-4-17(5-7-20)8-13(21)14(22)10-24-17/h2-3,13-14,21-22H,4-10H2,1H3/t13-,14+/m1/s1. The Bertz CT molecular complexity index is 590. The molecule has 1 spiro atoms. The Morgan fingerprint density at radius 1 is 1.25 bits per heavy atom. The van der Waals surface area contributed by atoms with Crippen LogP contribution in [0.25, 0.3) is 0 Å². The molecule has 0 saturated carbocycles. The number of aliphatic hydroxyl groups excluding tert-OH is 2. The number of piperidine rings is 1. The fourth-order valence-corrected chi connectivity index (χ4v) is 3.55. The van der Waals surface area contributed by atoms with Crippen molar-refractivity contribution >= 4 is 0 Å². The lowest BCUT2D eigenvalue weighted by Crippen LogP contribution is -2.54. The first kappa shape index (κ1) is 17.5. The van der Waals surface area contributed by atoms with Gasteiger partial charge in [-0.05, 0) is 25.0 Å². The minimum Gasteiger partial charge on any atom is -0.496 e. The number of halogens is 2. The molecule has 2 saturated heterocycles. The summed E-state index contributed by atoms with van der Waals surface area (Å²) in [5, 5.41) is 19.5. The second kappa shape index (κ2) is 6.92. The van der Waals surface area contributed by atoms with E-state index < -0.39 is 29.4 Å². The van der Waals surface area contributed by atoms with E-state index in [1.54, 1.807) is 0 Å². The first-order chi connectivity index (χ1) is 11.4. The van der Waals surface area contributed by atoms with Gasteiger partial charge >= 0.3 is 0 Å². The van der Waals surface area contributed by atoms with Crippen molar-refractivity contribution in [3.05, 3.63) is 29.3 Å². The summed E-state index contributed by atoms with van der Waals surface area (Å²) in [6.45, 7) is 1.67. The van der Waals surface area contributed by atoms with E-state index in [0.29, 0.717) is 38.1 Å². The molecule has 2 N–H and O–H groups in total. The van der Waals surface area contributed by atoms with Gasteiger partial charge in [-0.1, -0.05) is 0 Å². The lowest BCUT2D eigenvalue weighted by molar-refractivity contribution is -0.188. The quantitative estimate of drug-likeness (QED) is 0.870. The number of hydrogen-bond donors (Lipinski definition) is 2. The molecule has 2 fully saturated rings. The molecule has 1 aromatic rings. The first-order valence-corrected chi connectivity index (χ1v) is 8.17. The molecular formula is C17H23F2NO4. The molecule has 2 aliphatic heterocycles. The molecular weight excluding hydrogens is 320 g/mol. The number of benzene rings is 1.